The van der Waals surface area contributed by atoms with Crippen LogP contribution in [0.5, 0.6) is 5.75 Å². The molecule has 2 amide bonds. The smallest absolute Gasteiger partial charge is 0.267 e. The van der Waals surface area contributed by atoms with Crippen LogP contribution in [0.3, 0.4) is 0 Å². The number of hydrogen-bond donors (Lipinski definition) is 1. The fourth-order valence-corrected chi connectivity index (χ4v) is 4.06. The number of aryl methyl sites for hydroxylation is 1. The molecular formula is C26H26N4O4S. The normalized spacial score (nSPS) is 14.8. The molecular weight excluding hydrogens is 464 g/mol. The number of amides is 2. The van der Waals surface area contributed by atoms with Crippen molar-refractivity contribution in [1.29, 1.82) is 0 Å². The van der Waals surface area contributed by atoms with Crippen LogP contribution in [0.4, 0.5) is 5.69 Å². The van der Waals surface area contributed by atoms with Crippen molar-refractivity contribution >= 4 is 28.8 Å². The summed E-state index contributed by atoms with van der Waals surface area (Å²) in [7, 11) is 1.77. The fourth-order valence-electron chi connectivity index (χ4n) is 3.45. The Bertz CT molecular complexity index is 1290. The van der Waals surface area contributed by atoms with Gasteiger partial charge >= 0.3 is 0 Å². The number of carbonyl (C=O) groups excluding carboxylic acids is 2. The molecule has 2 aliphatic heterocycles. The van der Waals surface area contributed by atoms with Gasteiger partial charge in [-0.15, -0.1) is 11.3 Å². The van der Waals surface area contributed by atoms with E-state index in [1.165, 1.54) is 0 Å². The third-order valence-corrected chi connectivity index (χ3v) is 6.28. The van der Waals surface area contributed by atoms with Gasteiger partial charge in [-0.25, -0.2) is 4.98 Å². The number of benzene rings is 1. The fraction of sp³-hybridized carbons (Fsp3) is 0.308. The first kappa shape index (κ1) is 24.4. The maximum absolute atomic E-state index is 11.8. The number of primary amides is 1. The van der Waals surface area contributed by atoms with E-state index in [0.717, 1.165) is 46.5 Å². The number of thiazole rings is 1. The Hall–Kier alpha value is -3.74. The van der Waals surface area contributed by atoms with Crippen molar-refractivity contribution in [2.24, 2.45) is 11.7 Å². The zero-order chi connectivity index (χ0) is 24.8. The predicted octanol–water partition coefficient (Wildman–Crippen LogP) is 2.97. The summed E-state index contributed by atoms with van der Waals surface area (Å²) in [5, 5.41) is 3.05. The summed E-state index contributed by atoms with van der Waals surface area (Å²) < 4.78 is 10.7. The van der Waals surface area contributed by atoms with Gasteiger partial charge in [0.2, 0.25) is 5.91 Å². The number of fused-ring (bicyclic) bond motifs is 1. The van der Waals surface area contributed by atoms with Gasteiger partial charge in [0.15, 0.2) is 0 Å². The lowest BCUT2D eigenvalue weighted by atomic mass is 10.1. The number of nitrogens with zero attached hydrogens (tertiary/aromatic N) is 3. The molecule has 2 aliphatic rings. The summed E-state index contributed by atoms with van der Waals surface area (Å²) in [5.74, 6) is 6.94. The first-order chi connectivity index (χ1) is 16.9. The van der Waals surface area contributed by atoms with Crippen molar-refractivity contribution in [3.05, 3.63) is 69.4 Å². The molecule has 5 rings (SSSR count). The summed E-state index contributed by atoms with van der Waals surface area (Å²) in [5.41, 5.74) is 9.15. The zero-order valence-electron chi connectivity index (χ0n) is 19.6. The van der Waals surface area contributed by atoms with E-state index in [2.05, 4.69) is 21.8 Å². The summed E-state index contributed by atoms with van der Waals surface area (Å²) in [6, 6.07) is 9.28. The maximum Gasteiger partial charge on any atom is 0.267 e. The molecule has 0 atom stereocenters. The third-order valence-electron chi connectivity index (χ3n) is 5.46. The number of pyridine rings is 1. The SMILES string of the molecule is CN1C(=O)CCOc2ccc(C#CC3COC3)cc21.Cc1nc(Cc2ccnc(C(N)=O)c2)cs1. The Kier molecular flexibility index (Phi) is 7.75. The van der Waals surface area contributed by atoms with Crippen LogP contribution >= 0.6 is 11.3 Å². The maximum atomic E-state index is 11.8. The van der Waals surface area contributed by atoms with Gasteiger partial charge in [-0.1, -0.05) is 11.8 Å². The molecule has 0 spiro atoms. The molecule has 1 fully saturated rings. The lowest BCUT2D eigenvalue weighted by Gasteiger charge is -2.20. The highest BCUT2D eigenvalue weighted by Gasteiger charge is 2.20. The van der Waals surface area contributed by atoms with Gasteiger partial charge in [0, 0.05) is 30.6 Å². The quantitative estimate of drug-likeness (QED) is 0.566. The second-order valence-corrected chi connectivity index (χ2v) is 9.25. The summed E-state index contributed by atoms with van der Waals surface area (Å²) in [4.78, 5) is 32.7. The number of rotatable bonds is 3. The summed E-state index contributed by atoms with van der Waals surface area (Å²) in [6.45, 7) is 3.84. The minimum absolute atomic E-state index is 0.0660. The van der Waals surface area contributed by atoms with Crippen molar-refractivity contribution < 1.29 is 19.1 Å². The van der Waals surface area contributed by atoms with E-state index < -0.39 is 5.91 Å². The molecule has 35 heavy (non-hydrogen) atoms. The molecule has 9 heteroatoms. The molecule has 0 radical (unpaired) electrons. The highest BCUT2D eigenvalue weighted by molar-refractivity contribution is 7.09. The van der Waals surface area contributed by atoms with Crippen molar-refractivity contribution in [3.63, 3.8) is 0 Å². The third kappa shape index (κ3) is 6.44. The highest BCUT2D eigenvalue weighted by atomic mass is 32.1. The molecule has 8 nitrogen and oxygen atoms in total. The second kappa shape index (κ2) is 11.1. The molecule has 0 saturated carbocycles. The molecule has 2 aromatic heterocycles. The van der Waals surface area contributed by atoms with Gasteiger partial charge < -0.3 is 20.1 Å². The first-order valence-electron chi connectivity index (χ1n) is 11.2. The van der Waals surface area contributed by atoms with Crippen LogP contribution in [-0.4, -0.2) is 48.7 Å². The van der Waals surface area contributed by atoms with Crippen LogP contribution in [-0.2, 0) is 16.0 Å². The summed E-state index contributed by atoms with van der Waals surface area (Å²) >= 11 is 1.62. The van der Waals surface area contributed by atoms with E-state index in [1.54, 1.807) is 35.5 Å². The first-order valence-corrected chi connectivity index (χ1v) is 12.1. The van der Waals surface area contributed by atoms with Gasteiger partial charge in [-0.2, -0.15) is 0 Å². The lowest BCUT2D eigenvalue weighted by Crippen LogP contribution is -2.25. The van der Waals surface area contributed by atoms with Gasteiger partial charge in [0.1, 0.15) is 11.4 Å². The van der Waals surface area contributed by atoms with Gasteiger partial charge in [0.25, 0.3) is 5.91 Å². The van der Waals surface area contributed by atoms with Crippen LogP contribution in [0.1, 0.15) is 38.7 Å². The molecule has 0 aliphatic carbocycles. The number of nitrogens with two attached hydrogens (primary N) is 1. The predicted molar refractivity (Wildman–Crippen MR) is 134 cm³/mol. The van der Waals surface area contributed by atoms with Gasteiger partial charge in [-0.05, 0) is 42.8 Å². The molecule has 2 N–H and O–H groups in total. The van der Waals surface area contributed by atoms with Crippen LogP contribution in [0.2, 0.25) is 0 Å². The molecule has 1 saturated heterocycles. The van der Waals surface area contributed by atoms with E-state index in [-0.39, 0.29) is 5.91 Å². The molecule has 0 bridgehead atoms. The number of aromatic nitrogens is 2. The lowest BCUT2D eigenvalue weighted by molar-refractivity contribution is -0.118. The Morgan fingerprint density at radius 3 is 2.80 bits per heavy atom. The Labute approximate surface area is 208 Å². The van der Waals surface area contributed by atoms with Crippen LogP contribution in [0.25, 0.3) is 0 Å². The van der Waals surface area contributed by atoms with Crippen LogP contribution < -0.4 is 15.4 Å². The van der Waals surface area contributed by atoms with Gasteiger partial charge in [-0.3, -0.25) is 14.6 Å². The largest absolute Gasteiger partial charge is 0.491 e. The zero-order valence-corrected chi connectivity index (χ0v) is 20.4. The minimum atomic E-state index is -0.503. The van der Waals surface area contributed by atoms with Crippen molar-refractivity contribution in [1.82, 2.24) is 9.97 Å². The minimum Gasteiger partial charge on any atom is -0.491 e. The average molecular weight is 491 g/mol. The number of anilines is 1. The van der Waals surface area contributed by atoms with E-state index in [9.17, 15) is 9.59 Å². The monoisotopic (exact) mass is 490 g/mol. The van der Waals surface area contributed by atoms with Crippen LogP contribution in [0.15, 0.2) is 41.9 Å². The highest BCUT2D eigenvalue weighted by Crippen LogP contribution is 2.31. The Morgan fingerprint density at radius 1 is 1.29 bits per heavy atom. The Morgan fingerprint density at radius 2 is 2.11 bits per heavy atom. The van der Waals surface area contributed by atoms with Crippen LogP contribution in [0, 0.1) is 24.7 Å². The number of carbonyl (C=O) groups is 2. The number of hydrogen-bond acceptors (Lipinski definition) is 7. The van der Waals surface area contributed by atoms with Gasteiger partial charge in [0.05, 0.1) is 48.5 Å². The van der Waals surface area contributed by atoms with E-state index in [4.69, 9.17) is 15.2 Å². The van der Waals surface area contributed by atoms with Crippen molar-refractivity contribution in [2.75, 3.05) is 31.8 Å². The van der Waals surface area contributed by atoms with Crippen molar-refractivity contribution in [2.45, 2.75) is 19.8 Å². The van der Waals surface area contributed by atoms with E-state index in [1.807, 2.05) is 36.6 Å². The van der Waals surface area contributed by atoms with E-state index >= 15 is 0 Å². The molecule has 3 aromatic rings. The van der Waals surface area contributed by atoms with E-state index in [0.29, 0.717) is 31.1 Å². The second-order valence-electron chi connectivity index (χ2n) is 8.19. The Balaban J connectivity index is 0.000000168. The topological polar surface area (TPSA) is 108 Å². The summed E-state index contributed by atoms with van der Waals surface area (Å²) in [6.07, 6.45) is 2.70. The number of ether oxygens (including phenoxy) is 2. The van der Waals surface area contributed by atoms with Crippen molar-refractivity contribution in [3.8, 4) is 17.6 Å². The molecule has 0 unspecified atom stereocenters. The standard InChI is InChI=1S/C15H15NO3.C11H11N3OS/c1-16-13-8-11(2-3-12-9-18-10-12)4-5-14(13)19-7-6-15(16)17;1-7-14-9(6-16-7)4-8-2-3-13-10(5-8)11(12)15/h4-5,8,12H,6-7,9-10H2,1H3;2-3,5-6H,4H2,1H3,(H2,12,15). The average Bonchev–Trinajstić information content (AvgIpc) is 3.16. The molecule has 4 heterocycles. The molecule has 1 aromatic carbocycles. The molecule has 180 valence electrons.